The van der Waals surface area contributed by atoms with Crippen LogP contribution >= 0.6 is 0 Å². The van der Waals surface area contributed by atoms with Crippen LogP contribution in [0, 0.1) is 5.82 Å². The smallest absolute Gasteiger partial charge is 0.156 e. The Hall–Kier alpha value is -2.40. The van der Waals surface area contributed by atoms with E-state index in [0.29, 0.717) is 6.54 Å². The normalized spacial score (nSPS) is 10.9. The highest BCUT2D eigenvalue weighted by molar-refractivity contribution is 5.65. The molecule has 0 fully saturated rings. The molecule has 20 heavy (non-hydrogen) atoms. The molecule has 0 atom stereocenters. The summed E-state index contributed by atoms with van der Waals surface area (Å²) in [4.78, 5) is 6.42. The van der Waals surface area contributed by atoms with Crippen molar-refractivity contribution < 1.29 is 4.39 Å². The number of imidazole rings is 1. The summed E-state index contributed by atoms with van der Waals surface area (Å²) in [7, 11) is 1.86. The molecule has 0 saturated heterocycles. The molecule has 2 N–H and O–H groups in total. The molecule has 0 aliphatic heterocycles. The van der Waals surface area contributed by atoms with E-state index >= 15 is 0 Å². The van der Waals surface area contributed by atoms with Crippen LogP contribution in [-0.2, 0) is 6.54 Å². The largest absolute Gasteiger partial charge is 0.328 e. The molecule has 0 radical (unpaired) electrons. The van der Waals surface area contributed by atoms with Crippen molar-refractivity contribution in [1.82, 2.24) is 9.38 Å². The molecule has 4 nitrogen and oxygen atoms in total. The van der Waals surface area contributed by atoms with Crippen LogP contribution < -0.4 is 10.6 Å². The summed E-state index contributed by atoms with van der Waals surface area (Å²) in [6.07, 6.45) is 1.92. The average Bonchev–Trinajstić information content (AvgIpc) is 2.85. The van der Waals surface area contributed by atoms with E-state index < -0.39 is 0 Å². The van der Waals surface area contributed by atoms with Gasteiger partial charge in [0.05, 0.1) is 5.69 Å². The van der Waals surface area contributed by atoms with Gasteiger partial charge in [0.15, 0.2) is 5.82 Å². The lowest BCUT2D eigenvalue weighted by atomic mass is 10.2. The molecule has 1 aromatic carbocycles. The number of hydrogen-bond acceptors (Lipinski definition) is 3. The standard InChI is InChI=1S/C15H15FN4/c1-19(12-6-4-5-11(16)9-12)15-13(10-17)20-8-3-2-7-14(20)18-15/h2-9H,10,17H2,1H3. The molecule has 0 amide bonds. The van der Waals surface area contributed by atoms with E-state index in [-0.39, 0.29) is 5.82 Å². The van der Waals surface area contributed by atoms with Gasteiger partial charge >= 0.3 is 0 Å². The van der Waals surface area contributed by atoms with Gasteiger partial charge in [0.2, 0.25) is 0 Å². The number of rotatable bonds is 3. The maximum absolute atomic E-state index is 13.4. The van der Waals surface area contributed by atoms with Crippen LogP contribution in [0.3, 0.4) is 0 Å². The summed E-state index contributed by atoms with van der Waals surface area (Å²) in [5, 5.41) is 0. The maximum Gasteiger partial charge on any atom is 0.156 e. The zero-order chi connectivity index (χ0) is 14.1. The highest BCUT2D eigenvalue weighted by atomic mass is 19.1. The van der Waals surface area contributed by atoms with E-state index in [1.54, 1.807) is 6.07 Å². The second kappa shape index (κ2) is 4.94. The summed E-state index contributed by atoms with van der Waals surface area (Å²) in [6, 6.07) is 12.2. The molecule has 0 unspecified atom stereocenters. The third-order valence-corrected chi connectivity index (χ3v) is 3.31. The van der Waals surface area contributed by atoms with Crippen LogP contribution in [0.1, 0.15) is 5.69 Å². The first-order valence-electron chi connectivity index (χ1n) is 6.36. The Labute approximate surface area is 116 Å². The molecule has 3 rings (SSSR count). The zero-order valence-corrected chi connectivity index (χ0v) is 11.1. The molecule has 0 aliphatic rings. The van der Waals surface area contributed by atoms with Crippen molar-refractivity contribution >= 4 is 17.2 Å². The quantitative estimate of drug-likeness (QED) is 0.796. The van der Waals surface area contributed by atoms with Crippen molar-refractivity contribution in [3.05, 3.63) is 60.2 Å². The SMILES string of the molecule is CN(c1cccc(F)c1)c1nc2ccccn2c1CN. The third-order valence-electron chi connectivity index (χ3n) is 3.31. The van der Waals surface area contributed by atoms with Crippen LogP contribution in [0.4, 0.5) is 15.9 Å². The van der Waals surface area contributed by atoms with Gasteiger partial charge in [0, 0.05) is 25.5 Å². The van der Waals surface area contributed by atoms with Gasteiger partial charge in [-0.1, -0.05) is 12.1 Å². The Bertz CT molecular complexity index is 750. The lowest BCUT2D eigenvalue weighted by Crippen LogP contribution is -2.14. The lowest BCUT2D eigenvalue weighted by Gasteiger charge is -2.18. The van der Waals surface area contributed by atoms with Gasteiger partial charge in [0.1, 0.15) is 11.5 Å². The van der Waals surface area contributed by atoms with Gasteiger partial charge in [-0.05, 0) is 30.3 Å². The molecule has 5 heteroatoms. The molecule has 102 valence electrons. The van der Waals surface area contributed by atoms with Gasteiger partial charge in [-0.3, -0.25) is 0 Å². The number of nitrogens with zero attached hydrogens (tertiary/aromatic N) is 3. The molecular weight excluding hydrogens is 255 g/mol. The van der Waals surface area contributed by atoms with Crippen molar-refractivity contribution in [2.24, 2.45) is 5.73 Å². The number of hydrogen-bond donors (Lipinski definition) is 1. The van der Waals surface area contributed by atoms with E-state index in [0.717, 1.165) is 22.8 Å². The summed E-state index contributed by atoms with van der Waals surface area (Å²) in [5.41, 5.74) is 8.31. The number of aromatic nitrogens is 2. The first-order chi connectivity index (χ1) is 9.70. The van der Waals surface area contributed by atoms with E-state index in [4.69, 9.17) is 5.73 Å². The summed E-state index contributed by atoms with van der Waals surface area (Å²) < 4.78 is 15.3. The minimum absolute atomic E-state index is 0.271. The van der Waals surface area contributed by atoms with Gasteiger partial charge in [-0.15, -0.1) is 0 Å². The van der Waals surface area contributed by atoms with Crippen LogP contribution in [0.2, 0.25) is 0 Å². The number of pyridine rings is 1. The fraction of sp³-hybridized carbons (Fsp3) is 0.133. The Balaban J connectivity index is 2.14. The fourth-order valence-electron chi connectivity index (χ4n) is 2.30. The third kappa shape index (κ3) is 2.02. The average molecular weight is 270 g/mol. The zero-order valence-electron chi connectivity index (χ0n) is 11.1. The number of nitrogens with two attached hydrogens (primary N) is 1. The Kier molecular flexibility index (Phi) is 3.12. The first-order valence-corrected chi connectivity index (χ1v) is 6.36. The fourth-order valence-corrected chi connectivity index (χ4v) is 2.30. The second-order valence-corrected chi connectivity index (χ2v) is 4.55. The van der Waals surface area contributed by atoms with Crippen molar-refractivity contribution in [3.63, 3.8) is 0 Å². The Morgan fingerprint density at radius 2 is 2.10 bits per heavy atom. The van der Waals surface area contributed by atoms with Crippen molar-refractivity contribution in [2.75, 3.05) is 11.9 Å². The molecule has 0 saturated carbocycles. The molecule has 2 heterocycles. The topological polar surface area (TPSA) is 46.6 Å². The van der Waals surface area contributed by atoms with Crippen LogP contribution in [0.15, 0.2) is 48.7 Å². The predicted octanol–water partition coefficient (Wildman–Crippen LogP) is 2.70. The first kappa shape index (κ1) is 12.6. The van der Waals surface area contributed by atoms with E-state index in [1.807, 2.05) is 46.8 Å². The molecule has 0 bridgehead atoms. The van der Waals surface area contributed by atoms with Crippen molar-refractivity contribution in [2.45, 2.75) is 6.54 Å². The second-order valence-electron chi connectivity index (χ2n) is 4.55. The molecule has 3 aromatic rings. The summed E-state index contributed by atoms with van der Waals surface area (Å²) in [6.45, 7) is 0.361. The van der Waals surface area contributed by atoms with Crippen LogP contribution in [-0.4, -0.2) is 16.4 Å². The predicted molar refractivity (Wildman–Crippen MR) is 77.5 cm³/mol. The molecular formula is C15H15FN4. The minimum atomic E-state index is -0.271. The minimum Gasteiger partial charge on any atom is -0.328 e. The molecule has 0 spiro atoms. The monoisotopic (exact) mass is 270 g/mol. The van der Waals surface area contributed by atoms with Gasteiger partial charge in [-0.25, -0.2) is 9.37 Å². The van der Waals surface area contributed by atoms with Crippen molar-refractivity contribution in [3.8, 4) is 0 Å². The highest BCUT2D eigenvalue weighted by Crippen LogP contribution is 2.27. The van der Waals surface area contributed by atoms with E-state index in [9.17, 15) is 4.39 Å². The summed E-state index contributed by atoms with van der Waals surface area (Å²) >= 11 is 0. The number of benzene rings is 1. The van der Waals surface area contributed by atoms with E-state index in [2.05, 4.69) is 4.98 Å². The molecule has 0 aliphatic carbocycles. The Morgan fingerprint density at radius 1 is 1.25 bits per heavy atom. The van der Waals surface area contributed by atoms with Gasteiger partial charge in [-0.2, -0.15) is 0 Å². The number of fused-ring (bicyclic) bond motifs is 1. The van der Waals surface area contributed by atoms with Crippen LogP contribution in [0.25, 0.3) is 5.65 Å². The summed E-state index contributed by atoms with van der Waals surface area (Å²) in [5.74, 6) is 0.469. The Morgan fingerprint density at radius 3 is 2.85 bits per heavy atom. The van der Waals surface area contributed by atoms with Gasteiger partial charge < -0.3 is 15.0 Å². The van der Waals surface area contributed by atoms with Crippen LogP contribution in [0.5, 0.6) is 0 Å². The number of anilines is 2. The van der Waals surface area contributed by atoms with Gasteiger partial charge in [0.25, 0.3) is 0 Å². The van der Waals surface area contributed by atoms with Crippen molar-refractivity contribution in [1.29, 1.82) is 0 Å². The number of halogens is 1. The maximum atomic E-state index is 13.4. The molecule has 2 aromatic heterocycles. The highest BCUT2D eigenvalue weighted by Gasteiger charge is 2.15. The van der Waals surface area contributed by atoms with E-state index in [1.165, 1.54) is 12.1 Å². The lowest BCUT2D eigenvalue weighted by molar-refractivity contribution is 0.628.